The van der Waals surface area contributed by atoms with E-state index in [2.05, 4.69) is 10.5 Å². The molecular formula is C19H12Cl3N3O5. The third-order valence-electron chi connectivity index (χ3n) is 3.69. The zero-order chi connectivity index (χ0) is 21.7. The van der Waals surface area contributed by atoms with E-state index >= 15 is 0 Å². The number of hydrogen-bond donors (Lipinski definition) is 1. The molecule has 3 aromatic rings. The molecule has 0 saturated heterocycles. The molecule has 1 N–H and O–H groups in total. The Balaban J connectivity index is 1.59. The van der Waals surface area contributed by atoms with E-state index in [4.69, 9.17) is 44.0 Å². The van der Waals surface area contributed by atoms with Gasteiger partial charge in [0.25, 0.3) is 11.6 Å². The molecule has 0 bridgehead atoms. The van der Waals surface area contributed by atoms with Gasteiger partial charge in [-0.25, -0.2) is 5.43 Å². The van der Waals surface area contributed by atoms with Crippen LogP contribution in [0.3, 0.4) is 0 Å². The summed E-state index contributed by atoms with van der Waals surface area (Å²) in [5.41, 5.74) is 2.52. The maximum Gasteiger partial charge on any atom is 0.277 e. The summed E-state index contributed by atoms with van der Waals surface area (Å²) in [7, 11) is 0. The summed E-state index contributed by atoms with van der Waals surface area (Å²) in [4.78, 5) is 22.2. The number of carbonyl (C=O) groups excluding carboxylic acids is 1. The van der Waals surface area contributed by atoms with Gasteiger partial charge in [0.15, 0.2) is 6.61 Å². The highest BCUT2D eigenvalue weighted by atomic mass is 35.5. The summed E-state index contributed by atoms with van der Waals surface area (Å²) < 4.78 is 10.8. The van der Waals surface area contributed by atoms with Crippen molar-refractivity contribution in [2.75, 3.05) is 6.61 Å². The molecule has 30 heavy (non-hydrogen) atoms. The number of benzene rings is 2. The monoisotopic (exact) mass is 467 g/mol. The minimum Gasteiger partial charge on any atom is -0.482 e. The highest BCUT2D eigenvalue weighted by Crippen LogP contribution is 2.32. The molecule has 2 aromatic carbocycles. The van der Waals surface area contributed by atoms with Crippen LogP contribution in [0.25, 0.3) is 11.3 Å². The quantitative estimate of drug-likeness (QED) is 0.286. The Morgan fingerprint density at radius 1 is 1.13 bits per heavy atom. The smallest absolute Gasteiger partial charge is 0.277 e. The minimum absolute atomic E-state index is 0.118. The molecule has 3 rings (SSSR count). The first-order chi connectivity index (χ1) is 14.3. The molecule has 0 atom stereocenters. The van der Waals surface area contributed by atoms with E-state index in [9.17, 15) is 14.9 Å². The molecule has 1 amide bonds. The average Bonchev–Trinajstić information content (AvgIpc) is 3.17. The van der Waals surface area contributed by atoms with Crippen molar-refractivity contribution in [3.05, 3.63) is 79.5 Å². The van der Waals surface area contributed by atoms with E-state index < -0.39 is 10.8 Å². The molecule has 154 valence electrons. The molecule has 8 nitrogen and oxygen atoms in total. The van der Waals surface area contributed by atoms with Gasteiger partial charge in [0.2, 0.25) is 0 Å². The molecule has 1 heterocycles. The molecule has 0 radical (unpaired) electrons. The first-order valence-electron chi connectivity index (χ1n) is 8.27. The summed E-state index contributed by atoms with van der Waals surface area (Å²) in [5, 5.41) is 15.7. The van der Waals surface area contributed by atoms with Gasteiger partial charge in [-0.1, -0.05) is 34.8 Å². The number of halogens is 3. The van der Waals surface area contributed by atoms with Crippen LogP contribution >= 0.6 is 34.8 Å². The SMILES string of the molecule is O=C(COc1cc(Cl)ccc1Cl)NN=Cc1ccc(-c2cc([N+](=O)[O-])ccc2Cl)o1. The minimum atomic E-state index is -0.532. The second-order valence-electron chi connectivity index (χ2n) is 5.78. The zero-order valence-corrected chi connectivity index (χ0v) is 17.2. The molecule has 0 aliphatic heterocycles. The Morgan fingerprint density at radius 2 is 1.90 bits per heavy atom. The highest BCUT2D eigenvalue weighted by molar-refractivity contribution is 6.34. The van der Waals surface area contributed by atoms with Crippen LogP contribution in [-0.4, -0.2) is 23.7 Å². The van der Waals surface area contributed by atoms with E-state index in [1.807, 2.05) is 0 Å². The second-order valence-corrected chi connectivity index (χ2v) is 7.03. The van der Waals surface area contributed by atoms with Crippen molar-refractivity contribution in [2.45, 2.75) is 0 Å². The van der Waals surface area contributed by atoms with Crippen molar-refractivity contribution >= 4 is 52.6 Å². The normalized spacial score (nSPS) is 10.9. The lowest BCUT2D eigenvalue weighted by Crippen LogP contribution is -2.24. The number of amides is 1. The molecular weight excluding hydrogens is 457 g/mol. The molecule has 0 saturated carbocycles. The predicted molar refractivity (Wildman–Crippen MR) is 114 cm³/mol. The fourth-order valence-electron chi connectivity index (χ4n) is 2.31. The van der Waals surface area contributed by atoms with Gasteiger partial charge in [-0.2, -0.15) is 5.10 Å². The van der Waals surface area contributed by atoms with Crippen molar-refractivity contribution in [1.29, 1.82) is 0 Å². The van der Waals surface area contributed by atoms with E-state index in [0.717, 1.165) is 0 Å². The van der Waals surface area contributed by atoms with Gasteiger partial charge in [0.05, 0.1) is 21.2 Å². The van der Waals surface area contributed by atoms with Crippen molar-refractivity contribution in [2.24, 2.45) is 5.10 Å². The van der Waals surface area contributed by atoms with Crippen molar-refractivity contribution in [1.82, 2.24) is 5.43 Å². The number of nitrogens with zero attached hydrogens (tertiary/aromatic N) is 2. The van der Waals surface area contributed by atoms with E-state index in [1.54, 1.807) is 24.3 Å². The number of hydrazone groups is 1. The van der Waals surface area contributed by atoms with Crippen molar-refractivity contribution in [3.8, 4) is 17.1 Å². The van der Waals surface area contributed by atoms with E-state index in [-0.39, 0.29) is 18.0 Å². The summed E-state index contributed by atoms with van der Waals surface area (Å²) in [6.45, 7) is -0.329. The van der Waals surface area contributed by atoms with Crippen LogP contribution in [0.4, 0.5) is 5.69 Å². The number of nitro groups is 1. The number of rotatable bonds is 7. The average molecular weight is 469 g/mol. The van der Waals surface area contributed by atoms with Crippen LogP contribution in [0.1, 0.15) is 5.76 Å². The summed E-state index contributed by atoms with van der Waals surface area (Å²) in [5.74, 6) is 0.352. The van der Waals surface area contributed by atoms with Gasteiger partial charge in [-0.15, -0.1) is 0 Å². The van der Waals surface area contributed by atoms with E-state index in [1.165, 1.54) is 30.5 Å². The van der Waals surface area contributed by atoms with E-state index in [0.29, 0.717) is 32.2 Å². The summed E-state index contributed by atoms with van der Waals surface area (Å²) >= 11 is 17.9. The molecule has 0 unspecified atom stereocenters. The van der Waals surface area contributed by atoms with Crippen molar-refractivity contribution < 1.29 is 18.9 Å². The lowest BCUT2D eigenvalue weighted by atomic mass is 10.1. The number of hydrogen-bond acceptors (Lipinski definition) is 6. The molecule has 1 aromatic heterocycles. The maximum atomic E-state index is 11.8. The highest BCUT2D eigenvalue weighted by Gasteiger charge is 2.14. The number of non-ortho nitro benzene ring substituents is 1. The zero-order valence-electron chi connectivity index (χ0n) is 15.0. The lowest BCUT2D eigenvalue weighted by Gasteiger charge is -2.07. The van der Waals surface area contributed by atoms with Crippen LogP contribution in [0.5, 0.6) is 5.75 Å². The Hall–Kier alpha value is -3.07. The predicted octanol–water partition coefficient (Wildman–Crippen LogP) is 5.34. The van der Waals surface area contributed by atoms with Gasteiger partial charge in [0.1, 0.15) is 17.3 Å². The Morgan fingerprint density at radius 3 is 2.67 bits per heavy atom. The Bertz CT molecular complexity index is 1130. The fourth-order valence-corrected chi connectivity index (χ4v) is 2.86. The second kappa shape index (κ2) is 9.62. The molecule has 0 aliphatic rings. The standard InChI is InChI=1S/C19H12Cl3N3O5/c20-11-1-4-16(22)18(7-11)29-10-19(26)24-23-9-13-3-6-17(30-13)14-8-12(25(27)28)2-5-15(14)21/h1-9H,10H2,(H,24,26). The van der Waals surface area contributed by atoms with Crippen LogP contribution in [0.15, 0.2) is 58.0 Å². The van der Waals surface area contributed by atoms with Crippen molar-refractivity contribution in [3.63, 3.8) is 0 Å². The Kier molecular flexibility index (Phi) is 6.94. The first-order valence-corrected chi connectivity index (χ1v) is 9.41. The lowest BCUT2D eigenvalue weighted by molar-refractivity contribution is -0.384. The molecule has 0 fully saturated rings. The van der Waals surface area contributed by atoms with Gasteiger partial charge in [-0.3, -0.25) is 14.9 Å². The van der Waals surface area contributed by atoms with Gasteiger partial charge < -0.3 is 9.15 Å². The third-order valence-corrected chi connectivity index (χ3v) is 4.56. The number of ether oxygens (including phenoxy) is 1. The summed E-state index contributed by atoms with van der Waals surface area (Å²) in [6.07, 6.45) is 1.26. The van der Waals surface area contributed by atoms with Gasteiger partial charge in [-0.05, 0) is 30.3 Å². The molecule has 0 spiro atoms. The third kappa shape index (κ3) is 5.50. The van der Waals surface area contributed by atoms with Crippen LogP contribution in [0, 0.1) is 10.1 Å². The Labute approximate surface area is 185 Å². The topological polar surface area (TPSA) is 107 Å². The maximum absolute atomic E-state index is 11.8. The first kappa shape index (κ1) is 21.6. The number of nitrogens with one attached hydrogen (secondary N) is 1. The number of furan rings is 1. The van der Waals surface area contributed by atoms with Crippen LogP contribution < -0.4 is 10.2 Å². The fraction of sp³-hybridized carbons (Fsp3) is 0.0526. The number of carbonyl (C=O) groups is 1. The number of nitro benzene ring substituents is 1. The molecule has 0 aliphatic carbocycles. The summed E-state index contributed by atoms with van der Waals surface area (Å²) in [6, 6.07) is 11.8. The largest absolute Gasteiger partial charge is 0.482 e. The molecule has 11 heteroatoms. The van der Waals surface area contributed by atoms with Gasteiger partial charge in [0, 0.05) is 28.8 Å². The van der Waals surface area contributed by atoms with Gasteiger partial charge >= 0.3 is 0 Å². The van der Waals surface area contributed by atoms with Crippen LogP contribution in [-0.2, 0) is 4.79 Å². The van der Waals surface area contributed by atoms with Crippen LogP contribution in [0.2, 0.25) is 15.1 Å².